The van der Waals surface area contributed by atoms with E-state index < -0.39 is 11.8 Å². The third kappa shape index (κ3) is 12.4. The predicted molar refractivity (Wildman–Crippen MR) is 247 cm³/mol. The van der Waals surface area contributed by atoms with E-state index in [1.807, 2.05) is 36.1 Å². The second kappa shape index (κ2) is 22.4. The molecule has 0 radical (unpaired) electrons. The quantitative estimate of drug-likeness (QED) is 0.0606. The van der Waals surface area contributed by atoms with Crippen molar-refractivity contribution in [3.63, 3.8) is 0 Å². The Kier molecular flexibility index (Phi) is 16.3. The summed E-state index contributed by atoms with van der Waals surface area (Å²) in [5.41, 5.74) is 3.59. The SMILES string of the molecule is CC(=O)CCCCCCCCN1CCCCC(CC#Cc2ccc(OCCCc3sc(N4CCCc5c4nnc(Nc4nc6ccccc6s4)c5C)nc3C(=O)O)c(F)c2)CC1. The maximum Gasteiger partial charge on any atom is 0.355 e. The van der Waals surface area contributed by atoms with Gasteiger partial charge in [-0.2, -0.15) is 0 Å². The summed E-state index contributed by atoms with van der Waals surface area (Å²) in [6, 6.07) is 12.8. The summed E-state index contributed by atoms with van der Waals surface area (Å²) in [6.07, 6.45) is 16.0. The van der Waals surface area contributed by atoms with Crippen LogP contribution in [0.4, 0.5) is 26.3 Å². The van der Waals surface area contributed by atoms with Gasteiger partial charge in [-0.25, -0.2) is 19.2 Å². The molecule has 62 heavy (non-hydrogen) atoms. The molecule has 1 atom stereocenters. The van der Waals surface area contributed by atoms with E-state index in [4.69, 9.17) is 4.74 Å². The van der Waals surface area contributed by atoms with Crippen molar-refractivity contribution < 1.29 is 23.8 Å². The van der Waals surface area contributed by atoms with E-state index in [0.717, 1.165) is 84.5 Å². The van der Waals surface area contributed by atoms with E-state index in [2.05, 4.69) is 42.2 Å². The van der Waals surface area contributed by atoms with Crippen LogP contribution in [-0.4, -0.2) is 74.7 Å². The Balaban J connectivity index is 0.869. The number of unbranched alkanes of at least 4 members (excludes halogenated alkanes) is 5. The zero-order valence-corrected chi connectivity index (χ0v) is 37.7. The van der Waals surface area contributed by atoms with Crippen molar-refractivity contribution in [1.29, 1.82) is 0 Å². The molecule has 5 aromatic rings. The minimum Gasteiger partial charge on any atom is -0.491 e. The number of nitrogens with one attached hydrogen (secondary N) is 1. The minimum atomic E-state index is -1.09. The molecule has 7 rings (SSSR count). The van der Waals surface area contributed by atoms with Crippen LogP contribution in [0.5, 0.6) is 5.75 Å². The van der Waals surface area contributed by atoms with E-state index in [9.17, 15) is 14.7 Å². The molecule has 11 nitrogen and oxygen atoms in total. The number of anilines is 4. The molecule has 2 aromatic carbocycles. The monoisotopic (exact) mass is 879 g/mol. The number of nitrogens with zero attached hydrogens (tertiary/aromatic N) is 6. The van der Waals surface area contributed by atoms with E-state index in [-0.39, 0.29) is 18.1 Å². The average Bonchev–Trinajstić information content (AvgIpc) is 3.88. The summed E-state index contributed by atoms with van der Waals surface area (Å²) in [7, 11) is 0. The van der Waals surface area contributed by atoms with Gasteiger partial charge < -0.3 is 29.8 Å². The highest BCUT2D eigenvalue weighted by Crippen LogP contribution is 2.39. The lowest BCUT2D eigenvalue weighted by atomic mass is 9.93. The number of ketones is 1. The summed E-state index contributed by atoms with van der Waals surface area (Å²) in [6.45, 7) is 8.01. The Bertz CT molecular complexity index is 2340. The van der Waals surface area contributed by atoms with Crippen LogP contribution in [0, 0.1) is 30.5 Å². The number of aryl methyl sites for hydroxylation is 1. The maximum atomic E-state index is 15.1. The van der Waals surface area contributed by atoms with Crippen LogP contribution in [0.2, 0.25) is 0 Å². The van der Waals surface area contributed by atoms with Gasteiger partial charge in [-0.1, -0.05) is 67.4 Å². The highest BCUT2D eigenvalue weighted by molar-refractivity contribution is 7.22. The average molecular weight is 880 g/mol. The largest absolute Gasteiger partial charge is 0.491 e. The van der Waals surface area contributed by atoms with Gasteiger partial charge in [0.25, 0.3) is 0 Å². The van der Waals surface area contributed by atoms with E-state index in [1.165, 1.54) is 68.9 Å². The smallest absolute Gasteiger partial charge is 0.355 e. The molecule has 1 saturated heterocycles. The first-order valence-corrected chi connectivity index (χ1v) is 24.0. The number of rotatable bonds is 19. The number of carboxylic acids is 1. The second-order valence-corrected chi connectivity index (χ2v) is 18.7. The van der Waals surface area contributed by atoms with E-state index >= 15 is 4.39 Å². The highest BCUT2D eigenvalue weighted by atomic mass is 32.1. The first-order valence-electron chi connectivity index (χ1n) is 22.3. The van der Waals surface area contributed by atoms with Gasteiger partial charge in [-0.15, -0.1) is 21.5 Å². The van der Waals surface area contributed by atoms with Crippen molar-refractivity contribution in [3.05, 3.63) is 75.5 Å². The number of thiazole rings is 2. The number of hydrogen-bond donors (Lipinski definition) is 2. The molecule has 5 heterocycles. The lowest BCUT2D eigenvalue weighted by Crippen LogP contribution is -2.30. The Morgan fingerprint density at radius 1 is 0.952 bits per heavy atom. The van der Waals surface area contributed by atoms with Gasteiger partial charge in [0, 0.05) is 41.0 Å². The number of hydrogen-bond acceptors (Lipinski definition) is 12. The lowest BCUT2D eigenvalue weighted by molar-refractivity contribution is -0.117. The standard InChI is InChI=1S/C48H58FN7O4S2/c1-33(57)16-7-5-3-4-6-11-27-55-28-12-10-17-35(26-30-55)18-13-19-36-24-25-40(38(49)32-36)60-31-15-23-42-43(46(58)59)51-48(62-42)56-29-14-20-37-34(2)44(53-54-45(37)56)52-47-50-39-21-8-9-22-41(39)61-47/h8-9,21-22,24-25,32,35H,3-7,10-12,14-18,20,23,26-31H2,1-2H3,(H,58,59)(H,50,52,53). The summed E-state index contributed by atoms with van der Waals surface area (Å²) < 4.78 is 22.1. The molecular formula is C48H58FN7O4S2. The fourth-order valence-electron chi connectivity index (χ4n) is 8.34. The molecular weight excluding hydrogens is 822 g/mol. The molecule has 0 bridgehead atoms. The summed E-state index contributed by atoms with van der Waals surface area (Å²) in [4.78, 5) is 37.9. The number of ether oxygens (including phenoxy) is 1. The number of carboxylic acid groups (broad SMARTS) is 1. The van der Waals surface area contributed by atoms with Gasteiger partial charge in [0.2, 0.25) is 0 Å². The molecule has 0 saturated carbocycles. The molecule has 2 N–H and O–H groups in total. The number of likely N-dealkylation sites (tertiary alicyclic amines) is 1. The van der Waals surface area contributed by atoms with Gasteiger partial charge in [0.1, 0.15) is 5.78 Å². The number of fused-ring (bicyclic) bond motifs is 2. The van der Waals surface area contributed by atoms with Crippen LogP contribution in [0.3, 0.4) is 0 Å². The van der Waals surface area contributed by atoms with Crippen molar-refractivity contribution in [2.24, 2.45) is 5.92 Å². The van der Waals surface area contributed by atoms with E-state index in [0.29, 0.717) is 58.3 Å². The second-order valence-electron chi connectivity index (χ2n) is 16.6. The number of para-hydroxylation sites is 1. The zero-order valence-electron chi connectivity index (χ0n) is 36.0. The van der Waals surface area contributed by atoms with Crippen molar-refractivity contribution >= 4 is 66.5 Å². The Morgan fingerprint density at radius 2 is 1.79 bits per heavy atom. The molecule has 2 aliphatic rings. The Morgan fingerprint density at radius 3 is 2.61 bits per heavy atom. The third-order valence-corrected chi connectivity index (χ3v) is 13.9. The van der Waals surface area contributed by atoms with Crippen LogP contribution in [0.25, 0.3) is 10.2 Å². The van der Waals surface area contributed by atoms with Crippen molar-refractivity contribution in [2.45, 2.75) is 117 Å². The number of aromatic carboxylic acids is 1. The van der Waals surface area contributed by atoms with Crippen molar-refractivity contribution in [1.82, 2.24) is 25.1 Å². The molecule has 14 heteroatoms. The number of benzene rings is 2. The number of carbonyl (C=O) groups excluding carboxylic acids is 1. The molecule has 1 unspecified atom stereocenters. The molecule has 0 aliphatic carbocycles. The molecule has 3 aromatic heterocycles. The van der Waals surface area contributed by atoms with Gasteiger partial charge in [-0.3, -0.25) is 0 Å². The van der Waals surface area contributed by atoms with Gasteiger partial charge in [0.15, 0.2) is 39.2 Å². The predicted octanol–water partition coefficient (Wildman–Crippen LogP) is 11.1. The molecule has 2 aliphatic heterocycles. The highest BCUT2D eigenvalue weighted by Gasteiger charge is 2.28. The number of halogens is 1. The van der Waals surface area contributed by atoms with Gasteiger partial charge >= 0.3 is 5.97 Å². The summed E-state index contributed by atoms with van der Waals surface area (Å²) >= 11 is 2.90. The first kappa shape index (κ1) is 45.1. The first-order chi connectivity index (χ1) is 30.2. The van der Waals surface area contributed by atoms with Crippen LogP contribution in [-0.2, 0) is 17.6 Å². The summed E-state index contributed by atoms with van der Waals surface area (Å²) in [5.74, 6) is 7.31. The van der Waals surface area contributed by atoms with Crippen LogP contribution >= 0.6 is 22.7 Å². The summed E-state index contributed by atoms with van der Waals surface area (Å²) in [5, 5.41) is 23.9. The molecule has 1 fully saturated rings. The molecule has 0 amide bonds. The topological polar surface area (TPSA) is 134 Å². The number of Topliss-reactive ketones (excluding diaryl/α,β-unsaturated/α-hetero) is 1. The Hall–Kier alpha value is -4.97. The lowest BCUT2D eigenvalue weighted by Gasteiger charge is -2.28. The molecule has 0 spiro atoms. The third-order valence-electron chi connectivity index (χ3n) is 11.8. The van der Waals surface area contributed by atoms with Crippen LogP contribution in [0.15, 0.2) is 42.5 Å². The van der Waals surface area contributed by atoms with Gasteiger partial charge in [0.05, 0.1) is 16.8 Å². The molecule has 328 valence electrons. The normalized spacial score (nSPS) is 15.7. The maximum absolute atomic E-state index is 15.1. The number of aromatic nitrogens is 4. The van der Waals surface area contributed by atoms with Crippen LogP contribution < -0.4 is 15.0 Å². The van der Waals surface area contributed by atoms with Crippen molar-refractivity contribution in [3.8, 4) is 17.6 Å². The zero-order chi connectivity index (χ0) is 43.3. The minimum absolute atomic E-state index is 0.0161. The number of carbonyl (C=O) groups is 2. The van der Waals surface area contributed by atoms with Gasteiger partial charge in [-0.05, 0) is 128 Å². The van der Waals surface area contributed by atoms with E-state index in [1.54, 1.807) is 30.4 Å². The van der Waals surface area contributed by atoms with Crippen LogP contribution in [0.1, 0.15) is 129 Å². The fraction of sp³-hybridized carbons (Fsp3) is 0.500. The fourth-order valence-corrected chi connectivity index (χ4v) is 10.3. The van der Waals surface area contributed by atoms with Crippen molar-refractivity contribution in [2.75, 3.05) is 43.0 Å². The Labute approximate surface area is 372 Å².